The lowest BCUT2D eigenvalue weighted by molar-refractivity contribution is 0.102. The Kier molecular flexibility index (Phi) is 4.98. The average molecular weight is 356 g/mol. The van der Waals surface area contributed by atoms with Gasteiger partial charge in [-0.25, -0.2) is 4.98 Å². The molecule has 0 aliphatic heterocycles. The molecule has 1 aromatic carbocycles. The van der Waals surface area contributed by atoms with Gasteiger partial charge in [0.25, 0.3) is 5.91 Å². The molecule has 20 heavy (non-hydrogen) atoms. The van der Waals surface area contributed by atoms with Crippen LogP contribution in [0.1, 0.15) is 17.3 Å². The van der Waals surface area contributed by atoms with E-state index in [2.05, 4.69) is 26.2 Å². The molecule has 1 aromatic heterocycles. The molecule has 1 N–H and O–H groups in total. The summed E-state index contributed by atoms with van der Waals surface area (Å²) < 4.78 is 6.14. The quantitative estimate of drug-likeness (QED) is 0.838. The molecule has 0 saturated carbocycles. The molecule has 2 aromatic rings. The number of halogens is 2. The molecule has 0 atom stereocenters. The Labute approximate surface area is 130 Å². The molecular weight excluding hydrogens is 344 g/mol. The molecule has 1 amide bonds. The minimum Gasteiger partial charge on any atom is -0.492 e. The van der Waals surface area contributed by atoms with Crippen molar-refractivity contribution in [3.05, 3.63) is 51.7 Å². The van der Waals surface area contributed by atoms with Crippen LogP contribution in [-0.4, -0.2) is 17.5 Å². The monoisotopic (exact) mass is 354 g/mol. The number of hydrogen-bond donors (Lipinski definition) is 1. The van der Waals surface area contributed by atoms with Gasteiger partial charge in [0.1, 0.15) is 10.9 Å². The standard InChI is InChI=1S/C14H12BrClN2O2/c1-2-20-12-6-4-3-5-11(12)18-14(19)10-7-9(15)8-17-13(10)16/h3-8H,2H2,1H3,(H,18,19). The van der Waals surface area contributed by atoms with Crippen molar-refractivity contribution in [3.63, 3.8) is 0 Å². The summed E-state index contributed by atoms with van der Waals surface area (Å²) in [7, 11) is 0. The van der Waals surface area contributed by atoms with Crippen molar-refractivity contribution in [2.75, 3.05) is 11.9 Å². The molecule has 0 bridgehead atoms. The highest BCUT2D eigenvalue weighted by molar-refractivity contribution is 9.10. The highest BCUT2D eigenvalue weighted by atomic mass is 79.9. The maximum atomic E-state index is 12.2. The van der Waals surface area contributed by atoms with Gasteiger partial charge in [0.15, 0.2) is 0 Å². The molecule has 0 spiro atoms. The number of rotatable bonds is 4. The number of anilines is 1. The van der Waals surface area contributed by atoms with Gasteiger partial charge < -0.3 is 10.1 Å². The van der Waals surface area contributed by atoms with Crippen molar-refractivity contribution in [2.45, 2.75) is 6.92 Å². The zero-order valence-corrected chi connectivity index (χ0v) is 13.0. The zero-order chi connectivity index (χ0) is 14.5. The Morgan fingerprint density at radius 2 is 2.20 bits per heavy atom. The second-order valence-electron chi connectivity index (χ2n) is 3.88. The predicted octanol–water partition coefficient (Wildman–Crippen LogP) is 4.15. The topological polar surface area (TPSA) is 51.2 Å². The fraction of sp³-hybridized carbons (Fsp3) is 0.143. The SMILES string of the molecule is CCOc1ccccc1NC(=O)c1cc(Br)cnc1Cl. The lowest BCUT2D eigenvalue weighted by Gasteiger charge is -2.11. The number of carbonyl (C=O) groups is 1. The summed E-state index contributed by atoms with van der Waals surface area (Å²) in [4.78, 5) is 16.2. The van der Waals surface area contributed by atoms with Gasteiger partial charge >= 0.3 is 0 Å². The smallest absolute Gasteiger partial charge is 0.258 e. The van der Waals surface area contributed by atoms with Crippen LogP contribution in [0.4, 0.5) is 5.69 Å². The fourth-order valence-corrected chi connectivity index (χ4v) is 2.14. The summed E-state index contributed by atoms with van der Waals surface area (Å²) in [5, 5.41) is 2.92. The zero-order valence-electron chi connectivity index (χ0n) is 10.7. The van der Waals surface area contributed by atoms with Crippen LogP contribution < -0.4 is 10.1 Å². The average Bonchev–Trinajstić information content (AvgIpc) is 2.44. The Morgan fingerprint density at radius 3 is 2.95 bits per heavy atom. The molecule has 0 aliphatic carbocycles. The molecule has 6 heteroatoms. The minimum atomic E-state index is -0.337. The van der Waals surface area contributed by atoms with Crippen molar-refractivity contribution < 1.29 is 9.53 Å². The molecule has 0 unspecified atom stereocenters. The van der Waals surface area contributed by atoms with E-state index in [0.717, 1.165) is 0 Å². The molecule has 1 heterocycles. The van der Waals surface area contributed by atoms with Crippen LogP contribution in [0.3, 0.4) is 0 Å². The number of pyridine rings is 1. The lowest BCUT2D eigenvalue weighted by atomic mass is 10.2. The summed E-state index contributed by atoms with van der Waals surface area (Å²) in [6.07, 6.45) is 1.53. The number of nitrogens with zero attached hydrogens (tertiary/aromatic N) is 1. The number of carbonyl (C=O) groups excluding carboxylic acids is 1. The van der Waals surface area contributed by atoms with Crippen LogP contribution >= 0.6 is 27.5 Å². The number of benzene rings is 1. The summed E-state index contributed by atoms with van der Waals surface area (Å²) in [6.45, 7) is 2.40. The van der Waals surface area contributed by atoms with Crippen LogP contribution in [0.15, 0.2) is 41.0 Å². The van der Waals surface area contributed by atoms with Gasteiger partial charge in [-0.1, -0.05) is 23.7 Å². The summed E-state index contributed by atoms with van der Waals surface area (Å²) in [5.74, 6) is 0.276. The van der Waals surface area contributed by atoms with E-state index < -0.39 is 0 Å². The normalized spacial score (nSPS) is 10.2. The van der Waals surface area contributed by atoms with Gasteiger partial charge in [-0.15, -0.1) is 0 Å². The predicted molar refractivity (Wildman–Crippen MR) is 82.5 cm³/mol. The highest BCUT2D eigenvalue weighted by Gasteiger charge is 2.14. The van der Waals surface area contributed by atoms with E-state index in [9.17, 15) is 4.79 Å². The third-order valence-corrected chi connectivity index (χ3v) is 3.22. The molecule has 0 radical (unpaired) electrons. The summed E-state index contributed by atoms with van der Waals surface area (Å²) in [5.41, 5.74) is 0.891. The number of ether oxygens (including phenoxy) is 1. The van der Waals surface area contributed by atoms with E-state index in [4.69, 9.17) is 16.3 Å². The second kappa shape index (κ2) is 6.72. The van der Waals surface area contributed by atoms with Gasteiger partial charge in [-0.2, -0.15) is 0 Å². The molecular formula is C14H12BrClN2O2. The van der Waals surface area contributed by atoms with Crippen molar-refractivity contribution >= 4 is 39.1 Å². The molecule has 2 rings (SSSR count). The summed E-state index contributed by atoms with van der Waals surface area (Å²) >= 11 is 9.20. The van der Waals surface area contributed by atoms with Crippen LogP contribution in [0.25, 0.3) is 0 Å². The first-order chi connectivity index (χ1) is 9.61. The largest absolute Gasteiger partial charge is 0.492 e. The molecule has 104 valence electrons. The Bertz CT molecular complexity index is 634. The second-order valence-corrected chi connectivity index (χ2v) is 5.15. The van der Waals surface area contributed by atoms with Crippen molar-refractivity contribution in [1.82, 2.24) is 4.98 Å². The van der Waals surface area contributed by atoms with E-state index in [1.165, 1.54) is 6.20 Å². The first-order valence-corrected chi connectivity index (χ1v) is 7.13. The number of amides is 1. The van der Waals surface area contributed by atoms with Crippen LogP contribution in [0.5, 0.6) is 5.75 Å². The van der Waals surface area contributed by atoms with Crippen molar-refractivity contribution in [2.24, 2.45) is 0 Å². The van der Waals surface area contributed by atoms with Crippen LogP contribution in [0, 0.1) is 0 Å². The summed E-state index contributed by atoms with van der Waals surface area (Å²) in [6, 6.07) is 8.84. The van der Waals surface area contributed by atoms with Gasteiger partial charge in [0.2, 0.25) is 0 Å². The van der Waals surface area contributed by atoms with E-state index in [1.54, 1.807) is 18.2 Å². The third-order valence-electron chi connectivity index (χ3n) is 2.49. The Balaban J connectivity index is 2.26. The first kappa shape index (κ1) is 14.8. The van der Waals surface area contributed by atoms with E-state index in [0.29, 0.717) is 28.1 Å². The van der Waals surface area contributed by atoms with Crippen LogP contribution in [-0.2, 0) is 0 Å². The molecule has 0 fully saturated rings. The maximum absolute atomic E-state index is 12.2. The lowest BCUT2D eigenvalue weighted by Crippen LogP contribution is -2.14. The highest BCUT2D eigenvalue weighted by Crippen LogP contribution is 2.25. The van der Waals surface area contributed by atoms with Gasteiger partial charge in [0.05, 0.1) is 17.9 Å². The number of aromatic nitrogens is 1. The third kappa shape index (κ3) is 3.49. The molecule has 4 nitrogen and oxygen atoms in total. The van der Waals surface area contributed by atoms with E-state index in [1.807, 2.05) is 19.1 Å². The first-order valence-electron chi connectivity index (χ1n) is 5.96. The van der Waals surface area contributed by atoms with Crippen molar-refractivity contribution in [1.29, 1.82) is 0 Å². The van der Waals surface area contributed by atoms with E-state index in [-0.39, 0.29) is 11.1 Å². The Morgan fingerprint density at radius 1 is 1.45 bits per heavy atom. The van der Waals surface area contributed by atoms with Crippen LogP contribution in [0.2, 0.25) is 5.15 Å². The van der Waals surface area contributed by atoms with Crippen molar-refractivity contribution in [3.8, 4) is 5.75 Å². The number of hydrogen-bond acceptors (Lipinski definition) is 3. The van der Waals surface area contributed by atoms with E-state index >= 15 is 0 Å². The number of para-hydroxylation sites is 2. The molecule has 0 saturated heterocycles. The fourth-order valence-electron chi connectivity index (χ4n) is 1.62. The minimum absolute atomic E-state index is 0.152. The Hall–Kier alpha value is -1.59. The number of nitrogens with one attached hydrogen (secondary N) is 1. The molecule has 0 aliphatic rings. The maximum Gasteiger partial charge on any atom is 0.258 e. The van der Waals surface area contributed by atoms with Gasteiger partial charge in [-0.3, -0.25) is 4.79 Å². The van der Waals surface area contributed by atoms with Gasteiger partial charge in [0, 0.05) is 10.7 Å². The van der Waals surface area contributed by atoms with Gasteiger partial charge in [-0.05, 0) is 41.1 Å².